The fourth-order valence-corrected chi connectivity index (χ4v) is 6.36. The minimum atomic E-state index is -3.58. The molecule has 1 unspecified atom stereocenters. The van der Waals surface area contributed by atoms with E-state index in [0.717, 1.165) is 30.9 Å². The smallest absolute Gasteiger partial charge is 0.245 e. The van der Waals surface area contributed by atoms with Crippen molar-refractivity contribution in [2.75, 3.05) is 11.4 Å². The van der Waals surface area contributed by atoms with Gasteiger partial charge >= 0.3 is 0 Å². The summed E-state index contributed by atoms with van der Waals surface area (Å²) in [5, 5.41) is 4.57. The SMILES string of the molecule is Cc1nn(C)c(C)c1C1CCCN1c1ccc(S(=O)(=O)N(C(C)C)C(C)C)cn1. The number of hydrogen-bond acceptors (Lipinski definition) is 5. The Morgan fingerprint density at radius 2 is 1.79 bits per heavy atom. The van der Waals surface area contributed by atoms with Crippen LogP contribution in [-0.4, -0.2) is 46.1 Å². The molecular weight excluding hydrogens is 386 g/mol. The van der Waals surface area contributed by atoms with Crippen molar-refractivity contribution in [3.63, 3.8) is 0 Å². The van der Waals surface area contributed by atoms with Crippen molar-refractivity contribution in [1.29, 1.82) is 0 Å². The predicted molar refractivity (Wildman–Crippen MR) is 116 cm³/mol. The molecule has 0 N–H and O–H groups in total. The predicted octanol–water partition coefficient (Wildman–Crippen LogP) is 3.58. The van der Waals surface area contributed by atoms with Crippen LogP contribution in [-0.2, 0) is 17.1 Å². The first kappa shape index (κ1) is 21.8. The van der Waals surface area contributed by atoms with E-state index in [1.54, 1.807) is 6.07 Å². The second-order valence-corrected chi connectivity index (χ2v) is 10.3. The molecule has 1 atom stereocenters. The van der Waals surface area contributed by atoms with Gasteiger partial charge in [-0.2, -0.15) is 9.40 Å². The van der Waals surface area contributed by atoms with E-state index in [2.05, 4.69) is 21.9 Å². The maximum absolute atomic E-state index is 13.1. The second kappa shape index (κ2) is 8.07. The van der Waals surface area contributed by atoms with E-state index in [4.69, 9.17) is 0 Å². The molecule has 0 radical (unpaired) electrons. The van der Waals surface area contributed by atoms with Gasteiger partial charge in [0, 0.05) is 43.1 Å². The van der Waals surface area contributed by atoms with Crippen molar-refractivity contribution >= 4 is 15.8 Å². The van der Waals surface area contributed by atoms with Gasteiger partial charge in [0.25, 0.3) is 0 Å². The third-order valence-corrected chi connectivity index (χ3v) is 7.99. The summed E-state index contributed by atoms with van der Waals surface area (Å²) in [5.41, 5.74) is 3.48. The van der Waals surface area contributed by atoms with Crippen molar-refractivity contribution in [3.8, 4) is 0 Å². The Balaban J connectivity index is 1.92. The van der Waals surface area contributed by atoms with Crippen LogP contribution in [0.2, 0.25) is 0 Å². The zero-order valence-electron chi connectivity index (χ0n) is 18.5. The van der Waals surface area contributed by atoms with Gasteiger partial charge in [-0.15, -0.1) is 0 Å². The highest BCUT2D eigenvalue weighted by atomic mass is 32.2. The molecule has 3 rings (SSSR count). The number of nitrogens with zero attached hydrogens (tertiary/aromatic N) is 5. The van der Waals surface area contributed by atoms with Gasteiger partial charge in [-0.25, -0.2) is 13.4 Å². The van der Waals surface area contributed by atoms with Crippen LogP contribution in [0.25, 0.3) is 0 Å². The van der Waals surface area contributed by atoms with Crippen LogP contribution in [0.1, 0.15) is 63.5 Å². The number of hydrogen-bond donors (Lipinski definition) is 0. The lowest BCUT2D eigenvalue weighted by Gasteiger charge is -2.30. The van der Waals surface area contributed by atoms with Crippen molar-refractivity contribution in [3.05, 3.63) is 35.3 Å². The van der Waals surface area contributed by atoms with Crippen molar-refractivity contribution in [1.82, 2.24) is 19.1 Å². The number of sulfonamides is 1. The molecule has 1 aliphatic heterocycles. The lowest BCUT2D eigenvalue weighted by atomic mass is 10.0. The summed E-state index contributed by atoms with van der Waals surface area (Å²) in [6.45, 7) is 12.6. The fourth-order valence-electron chi connectivity index (χ4n) is 4.58. The van der Waals surface area contributed by atoms with Crippen molar-refractivity contribution in [2.24, 2.45) is 7.05 Å². The summed E-state index contributed by atoms with van der Waals surface area (Å²) in [6.07, 6.45) is 3.62. The van der Waals surface area contributed by atoms with Crippen molar-refractivity contribution < 1.29 is 8.42 Å². The molecule has 0 amide bonds. The molecule has 0 spiro atoms. The van der Waals surface area contributed by atoms with Gasteiger partial charge in [0.15, 0.2) is 0 Å². The molecule has 0 saturated carbocycles. The minimum absolute atomic E-state index is 0.112. The number of anilines is 1. The molecule has 1 fully saturated rings. The zero-order valence-corrected chi connectivity index (χ0v) is 19.4. The van der Waals surface area contributed by atoms with E-state index in [1.807, 2.05) is 52.4 Å². The molecule has 1 aliphatic rings. The molecule has 8 heteroatoms. The Morgan fingerprint density at radius 1 is 1.14 bits per heavy atom. The summed E-state index contributed by atoms with van der Waals surface area (Å²) in [5.74, 6) is 0.815. The van der Waals surface area contributed by atoms with Crippen LogP contribution in [0.5, 0.6) is 0 Å². The molecule has 2 aromatic heterocycles. The van der Waals surface area contributed by atoms with E-state index in [-0.39, 0.29) is 23.0 Å². The Morgan fingerprint density at radius 3 is 2.28 bits per heavy atom. The Labute approximate surface area is 174 Å². The monoisotopic (exact) mass is 419 g/mol. The van der Waals surface area contributed by atoms with Crippen LogP contribution >= 0.6 is 0 Å². The lowest BCUT2D eigenvalue weighted by molar-refractivity contribution is 0.302. The molecule has 0 aromatic carbocycles. The van der Waals surface area contributed by atoms with E-state index >= 15 is 0 Å². The highest BCUT2D eigenvalue weighted by molar-refractivity contribution is 7.89. The molecule has 0 bridgehead atoms. The van der Waals surface area contributed by atoms with E-state index in [1.165, 1.54) is 21.8 Å². The first-order valence-corrected chi connectivity index (χ1v) is 11.8. The first-order valence-electron chi connectivity index (χ1n) is 10.3. The molecular formula is C21H33N5O2S. The Kier molecular flexibility index (Phi) is 6.06. The Bertz CT molecular complexity index is 956. The maximum atomic E-state index is 13.1. The van der Waals surface area contributed by atoms with Gasteiger partial charge in [0.2, 0.25) is 10.0 Å². The van der Waals surface area contributed by atoms with Crippen LogP contribution in [0, 0.1) is 13.8 Å². The molecule has 3 heterocycles. The Hall–Kier alpha value is -1.93. The van der Waals surface area contributed by atoms with Gasteiger partial charge in [0.05, 0.1) is 11.7 Å². The quantitative estimate of drug-likeness (QED) is 0.716. The van der Waals surface area contributed by atoms with Gasteiger partial charge in [-0.05, 0) is 66.5 Å². The van der Waals surface area contributed by atoms with E-state index in [9.17, 15) is 8.42 Å². The molecule has 2 aromatic rings. The first-order chi connectivity index (χ1) is 13.6. The number of aryl methyl sites for hydroxylation is 2. The van der Waals surface area contributed by atoms with Crippen LogP contribution in [0.15, 0.2) is 23.2 Å². The average molecular weight is 420 g/mol. The number of rotatable bonds is 6. The third-order valence-electron chi connectivity index (χ3n) is 5.76. The standard InChI is InChI=1S/C21H33N5O2S/c1-14(2)26(15(3)4)29(27,28)18-10-11-20(22-13-18)25-12-8-9-19(25)21-16(5)23-24(7)17(21)6/h10-11,13-15,19H,8-9,12H2,1-7H3. The highest BCUT2D eigenvalue weighted by Gasteiger charge is 2.33. The van der Waals surface area contributed by atoms with Gasteiger partial charge < -0.3 is 4.90 Å². The van der Waals surface area contributed by atoms with E-state index < -0.39 is 10.0 Å². The summed E-state index contributed by atoms with van der Waals surface area (Å²) >= 11 is 0. The van der Waals surface area contributed by atoms with Crippen LogP contribution in [0.3, 0.4) is 0 Å². The van der Waals surface area contributed by atoms with Crippen molar-refractivity contribution in [2.45, 2.75) is 77.4 Å². The maximum Gasteiger partial charge on any atom is 0.245 e. The topological polar surface area (TPSA) is 71.3 Å². The summed E-state index contributed by atoms with van der Waals surface area (Å²) in [6, 6.07) is 3.53. The van der Waals surface area contributed by atoms with Crippen LogP contribution < -0.4 is 4.90 Å². The zero-order chi connectivity index (χ0) is 21.5. The number of pyridine rings is 1. The van der Waals surface area contributed by atoms with Crippen LogP contribution in [0.4, 0.5) is 5.82 Å². The third kappa shape index (κ3) is 3.92. The van der Waals surface area contributed by atoms with Gasteiger partial charge in [0.1, 0.15) is 10.7 Å². The molecule has 1 saturated heterocycles. The second-order valence-electron chi connectivity index (χ2n) is 8.43. The summed E-state index contributed by atoms with van der Waals surface area (Å²) < 4.78 is 29.6. The molecule has 7 nitrogen and oxygen atoms in total. The van der Waals surface area contributed by atoms with E-state index in [0.29, 0.717) is 0 Å². The molecule has 0 aliphatic carbocycles. The number of aromatic nitrogens is 3. The lowest BCUT2D eigenvalue weighted by Crippen LogP contribution is -2.42. The normalized spacial score (nSPS) is 17.9. The summed E-state index contributed by atoms with van der Waals surface area (Å²) in [7, 11) is -1.61. The fraction of sp³-hybridized carbons (Fsp3) is 0.619. The average Bonchev–Trinajstić information content (AvgIpc) is 3.18. The molecule has 160 valence electrons. The largest absolute Gasteiger partial charge is 0.349 e. The highest BCUT2D eigenvalue weighted by Crippen LogP contribution is 2.38. The van der Waals surface area contributed by atoms with Gasteiger partial charge in [-0.3, -0.25) is 4.68 Å². The molecule has 29 heavy (non-hydrogen) atoms. The van der Waals surface area contributed by atoms with Gasteiger partial charge in [-0.1, -0.05) is 0 Å². The summed E-state index contributed by atoms with van der Waals surface area (Å²) in [4.78, 5) is 7.08. The minimum Gasteiger partial charge on any atom is -0.349 e.